The Balaban J connectivity index is 2.32. The van der Waals surface area contributed by atoms with E-state index in [1.54, 1.807) is 4.57 Å². The minimum Gasteiger partial charge on any atom is -0.315 e. The summed E-state index contributed by atoms with van der Waals surface area (Å²) in [5.74, 6) is 0.354. The molecule has 0 aliphatic rings. The quantitative estimate of drug-likeness (QED) is 0.837. The maximum atomic E-state index is 9.06. The Morgan fingerprint density at radius 2 is 2.05 bits per heavy atom. The molecule has 0 saturated carbocycles. The van der Waals surface area contributed by atoms with Crippen LogP contribution in [0.15, 0.2) is 24.5 Å². The highest BCUT2D eigenvalue weighted by Crippen LogP contribution is 2.13. The average molecular weight is 251 g/mol. The van der Waals surface area contributed by atoms with Crippen LogP contribution >= 0.6 is 0 Å². The zero-order valence-electron chi connectivity index (χ0n) is 10.8. The molecule has 2 heterocycles. The standard InChI is InChI=1S/C14H13N5/c1-10(2)12-5-3-4-11(18-12)8-19-9-17-13(6-15)14(19)7-16/h3-5,9-10H,8H2,1-2H3. The highest BCUT2D eigenvalue weighted by Gasteiger charge is 2.11. The molecule has 94 valence electrons. The van der Waals surface area contributed by atoms with Crippen LogP contribution in [-0.4, -0.2) is 14.5 Å². The molecule has 0 aliphatic carbocycles. The fourth-order valence-electron chi connectivity index (χ4n) is 1.78. The first-order valence-corrected chi connectivity index (χ1v) is 5.97. The van der Waals surface area contributed by atoms with Crippen LogP contribution < -0.4 is 0 Å². The number of aromatic nitrogens is 3. The first kappa shape index (κ1) is 12.8. The molecule has 0 radical (unpaired) electrons. The van der Waals surface area contributed by atoms with Crippen LogP contribution in [0.1, 0.15) is 42.5 Å². The third-order valence-corrected chi connectivity index (χ3v) is 2.80. The monoisotopic (exact) mass is 251 g/mol. The van der Waals surface area contributed by atoms with Gasteiger partial charge in [-0.1, -0.05) is 19.9 Å². The second-order valence-electron chi connectivity index (χ2n) is 4.50. The van der Waals surface area contributed by atoms with E-state index in [1.165, 1.54) is 6.33 Å². The normalized spacial score (nSPS) is 10.2. The lowest BCUT2D eigenvalue weighted by atomic mass is 10.1. The van der Waals surface area contributed by atoms with Gasteiger partial charge in [-0.05, 0) is 18.1 Å². The van der Waals surface area contributed by atoms with E-state index in [2.05, 4.69) is 23.8 Å². The molecule has 0 aromatic carbocycles. The van der Waals surface area contributed by atoms with Gasteiger partial charge >= 0.3 is 0 Å². The van der Waals surface area contributed by atoms with Crippen molar-refractivity contribution in [2.24, 2.45) is 0 Å². The number of imidazole rings is 1. The molecule has 19 heavy (non-hydrogen) atoms. The number of pyridine rings is 1. The molecule has 0 atom stereocenters. The SMILES string of the molecule is CC(C)c1cccc(Cn2cnc(C#N)c2C#N)n1. The zero-order valence-corrected chi connectivity index (χ0v) is 10.8. The van der Waals surface area contributed by atoms with Crippen LogP contribution in [0.2, 0.25) is 0 Å². The molecular formula is C14H13N5. The molecule has 0 N–H and O–H groups in total. The average Bonchev–Trinajstić information content (AvgIpc) is 2.80. The van der Waals surface area contributed by atoms with E-state index in [-0.39, 0.29) is 11.4 Å². The van der Waals surface area contributed by atoms with Crippen molar-refractivity contribution in [3.63, 3.8) is 0 Å². The van der Waals surface area contributed by atoms with Crippen LogP contribution in [0, 0.1) is 22.7 Å². The van der Waals surface area contributed by atoms with Crippen molar-refractivity contribution < 1.29 is 0 Å². The lowest BCUT2D eigenvalue weighted by Crippen LogP contribution is -2.05. The molecule has 0 saturated heterocycles. The predicted octanol–water partition coefficient (Wildman–Crippen LogP) is 2.19. The Kier molecular flexibility index (Phi) is 3.58. The second-order valence-corrected chi connectivity index (χ2v) is 4.50. The molecule has 0 fully saturated rings. The molecule has 0 spiro atoms. The Hall–Kier alpha value is -2.66. The van der Waals surface area contributed by atoms with E-state index in [1.807, 2.05) is 30.3 Å². The molecule has 0 aliphatic heterocycles. The Morgan fingerprint density at radius 3 is 2.68 bits per heavy atom. The molecule has 2 aromatic rings. The zero-order chi connectivity index (χ0) is 13.8. The number of nitriles is 2. The van der Waals surface area contributed by atoms with E-state index in [0.717, 1.165) is 11.4 Å². The van der Waals surface area contributed by atoms with Crippen LogP contribution in [0.4, 0.5) is 0 Å². The van der Waals surface area contributed by atoms with Gasteiger partial charge in [0.15, 0.2) is 11.4 Å². The minimum atomic E-state index is 0.155. The topological polar surface area (TPSA) is 78.3 Å². The van der Waals surface area contributed by atoms with Crippen LogP contribution in [-0.2, 0) is 6.54 Å². The molecule has 0 unspecified atom stereocenters. The number of hydrogen-bond acceptors (Lipinski definition) is 4. The first-order chi connectivity index (χ1) is 9.15. The molecular weight excluding hydrogens is 238 g/mol. The molecule has 2 aromatic heterocycles. The van der Waals surface area contributed by atoms with Crippen LogP contribution in [0.5, 0.6) is 0 Å². The van der Waals surface area contributed by atoms with Gasteiger partial charge in [-0.15, -0.1) is 0 Å². The molecule has 0 bridgehead atoms. The largest absolute Gasteiger partial charge is 0.315 e. The van der Waals surface area contributed by atoms with Gasteiger partial charge in [0, 0.05) is 5.69 Å². The molecule has 5 heteroatoms. The third-order valence-electron chi connectivity index (χ3n) is 2.80. The summed E-state index contributed by atoms with van der Waals surface area (Å²) in [5, 5.41) is 17.9. The van der Waals surface area contributed by atoms with E-state index in [9.17, 15) is 0 Å². The van der Waals surface area contributed by atoms with Crippen molar-refractivity contribution in [2.45, 2.75) is 26.3 Å². The van der Waals surface area contributed by atoms with Gasteiger partial charge in [-0.2, -0.15) is 10.5 Å². The van der Waals surface area contributed by atoms with Gasteiger partial charge in [-0.3, -0.25) is 4.98 Å². The maximum Gasteiger partial charge on any atom is 0.176 e. The van der Waals surface area contributed by atoms with Gasteiger partial charge in [-0.25, -0.2) is 4.98 Å². The summed E-state index contributed by atoms with van der Waals surface area (Å²) in [7, 11) is 0. The molecule has 0 amide bonds. The van der Waals surface area contributed by atoms with E-state index in [4.69, 9.17) is 10.5 Å². The summed E-state index contributed by atoms with van der Waals surface area (Å²) in [5.41, 5.74) is 2.29. The fraction of sp³-hybridized carbons (Fsp3) is 0.286. The summed E-state index contributed by atoms with van der Waals surface area (Å²) < 4.78 is 1.64. The molecule has 5 nitrogen and oxygen atoms in total. The van der Waals surface area contributed by atoms with Crippen molar-refractivity contribution in [2.75, 3.05) is 0 Å². The molecule has 2 rings (SSSR count). The number of hydrogen-bond donors (Lipinski definition) is 0. The van der Waals surface area contributed by atoms with Gasteiger partial charge in [0.05, 0.1) is 18.6 Å². The Morgan fingerprint density at radius 1 is 1.26 bits per heavy atom. The van der Waals surface area contributed by atoms with Crippen molar-refractivity contribution in [3.8, 4) is 12.1 Å². The highest BCUT2D eigenvalue weighted by atomic mass is 15.1. The van der Waals surface area contributed by atoms with E-state index >= 15 is 0 Å². The summed E-state index contributed by atoms with van der Waals surface area (Å²) in [6.45, 7) is 4.60. The van der Waals surface area contributed by atoms with E-state index in [0.29, 0.717) is 12.5 Å². The fourth-order valence-corrected chi connectivity index (χ4v) is 1.78. The van der Waals surface area contributed by atoms with Gasteiger partial charge in [0.2, 0.25) is 0 Å². The third kappa shape index (κ3) is 2.61. The van der Waals surface area contributed by atoms with Crippen molar-refractivity contribution in [1.29, 1.82) is 10.5 Å². The highest BCUT2D eigenvalue weighted by molar-refractivity contribution is 5.36. The summed E-state index contributed by atoms with van der Waals surface area (Å²) in [6.07, 6.45) is 1.50. The maximum absolute atomic E-state index is 9.06. The lowest BCUT2D eigenvalue weighted by Gasteiger charge is -2.08. The smallest absolute Gasteiger partial charge is 0.176 e. The predicted molar refractivity (Wildman–Crippen MR) is 69.1 cm³/mol. The second kappa shape index (κ2) is 5.32. The van der Waals surface area contributed by atoms with Gasteiger partial charge in [0.25, 0.3) is 0 Å². The van der Waals surface area contributed by atoms with Gasteiger partial charge < -0.3 is 4.57 Å². The van der Waals surface area contributed by atoms with Crippen molar-refractivity contribution in [1.82, 2.24) is 14.5 Å². The van der Waals surface area contributed by atoms with Gasteiger partial charge in [0.1, 0.15) is 12.1 Å². The number of rotatable bonds is 3. The van der Waals surface area contributed by atoms with E-state index < -0.39 is 0 Å². The first-order valence-electron chi connectivity index (χ1n) is 5.97. The Bertz CT molecular complexity index is 670. The Labute approximate surface area is 111 Å². The summed E-state index contributed by atoms with van der Waals surface area (Å²) in [4.78, 5) is 8.45. The van der Waals surface area contributed by atoms with Crippen molar-refractivity contribution in [3.05, 3.63) is 47.3 Å². The van der Waals surface area contributed by atoms with Crippen molar-refractivity contribution >= 4 is 0 Å². The number of nitrogens with zero attached hydrogens (tertiary/aromatic N) is 5. The minimum absolute atomic E-state index is 0.155. The summed E-state index contributed by atoms with van der Waals surface area (Å²) >= 11 is 0. The van der Waals surface area contributed by atoms with Crippen LogP contribution in [0.25, 0.3) is 0 Å². The van der Waals surface area contributed by atoms with Crippen LogP contribution in [0.3, 0.4) is 0 Å². The lowest BCUT2D eigenvalue weighted by molar-refractivity contribution is 0.738. The summed E-state index contributed by atoms with van der Waals surface area (Å²) in [6, 6.07) is 9.74.